The topological polar surface area (TPSA) is 90.3 Å². The monoisotopic (exact) mass is 352 g/mol. The molecule has 2 aromatic rings. The van der Waals surface area contributed by atoms with Crippen molar-refractivity contribution in [2.75, 3.05) is 5.32 Å². The molecule has 0 aliphatic carbocycles. The van der Waals surface area contributed by atoms with E-state index < -0.39 is 0 Å². The molecule has 0 aliphatic heterocycles. The van der Waals surface area contributed by atoms with E-state index in [1.165, 1.54) is 6.20 Å². The average molecular weight is 354 g/mol. The molecule has 0 spiro atoms. The first-order chi connectivity index (χ1) is 9.54. The zero-order valence-electron chi connectivity index (χ0n) is 10.7. The number of aromatic nitrogens is 4. The number of hydrogen-bond donors (Lipinski definition) is 2. The lowest BCUT2D eigenvalue weighted by atomic mass is 10.1. The first-order valence-electron chi connectivity index (χ1n) is 5.60. The van der Waals surface area contributed by atoms with Crippen LogP contribution >= 0.6 is 27.5 Å². The second kappa shape index (κ2) is 6.03. The Bertz CT molecular complexity index is 702. The number of nitrogens with one attached hydrogen (secondary N) is 2. The number of rotatable bonds is 3. The van der Waals surface area contributed by atoms with E-state index in [-0.39, 0.29) is 11.4 Å². The van der Waals surface area contributed by atoms with E-state index in [4.69, 9.17) is 16.9 Å². The van der Waals surface area contributed by atoms with Crippen LogP contribution in [0.25, 0.3) is 5.57 Å². The summed E-state index contributed by atoms with van der Waals surface area (Å²) in [5.41, 5.74) is 3.09. The van der Waals surface area contributed by atoms with E-state index in [1.54, 1.807) is 0 Å². The van der Waals surface area contributed by atoms with Crippen LogP contribution in [0.4, 0.5) is 5.69 Å². The molecule has 1 aromatic carbocycles. The van der Waals surface area contributed by atoms with Crippen molar-refractivity contribution in [1.82, 2.24) is 20.6 Å². The summed E-state index contributed by atoms with van der Waals surface area (Å²) in [6.07, 6.45) is 1.49. The van der Waals surface area contributed by atoms with Gasteiger partial charge in [0.1, 0.15) is 11.6 Å². The van der Waals surface area contributed by atoms with E-state index in [0.717, 1.165) is 15.6 Å². The zero-order chi connectivity index (χ0) is 14.7. The summed E-state index contributed by atoms with van der Waals surface area (Å²) >= 11 is 9.70. The van der Waals surface area contributed by atoms with Gasteiger partial charge in [-0.3, -0.25) is 0 Å². The zero-order valence-corrected chi connectivity index (χ0v) is 13.0. The summed E-state index contributed by atoms with van der Waals surface area (Å²) in [5, 5.41) is 25.9. The van der Waals surface area contributed by atoms with E-state index in [1.807, 2.05) is 26.0 Å². The molecule has 1 heterocycles. The fourth-order valence-corrected chi connectivity index (χ4v) is 2.60. The molecule has 0 bridgehead atoms. The first kappa shape index (κ1) is 14.5. The molecule has 1 aromatic heterocycles. The third kappa shape index (κ3) is 2.81. The molecule has 0 fully saturated rings. The van der Waals surface area contributed by atoms with Gasteiger partial charge in [-0.1, -0.05) is 11.6 Å². The highest BCUT2D eigenvalue weighted by Crippen LogP contribution is 2.35. The fourth-order valence-electron chi connectivity index (χ4n) is 1.54. The van der Waals surface area contributed by atoms with E-state index in [2.05, 4.69) is 41.9 Å². The third-order valence-electron chi connectivity index (χ3n) is 2.79. The molecule has 0 unspecified atom stereocenters. The highest BCUT2D eigenvalue weighted by Gasteiger charge is 2.11. The average Bonchev–Trinajstić information content (AvgIpc) is 2.94. The van der Waals surface area contributed by atoms with Gasteiger partial charge < -0.3 is 5.32 Å². The Morgan fingerprint density at radius 2 is 2.30 bits per heavy atom. The van der Waals surface area contributed by atoms with Gasteiger partial charge in [0.2, 0.25) is 5.82 Å². The Labute approximate surface area is 129 Å². The van der Waals surface area contributed by atoms with Crippen molar-refractivity contribution in [3.63, 3.8) is 0 Å². The smallest absolute Gasteiger partial charge is 0.216 e. The number of aromatic amines is 1. The van der Waals surface area contributed by atoms with Crippen molar-refractivity contribution in [3.05, 3.63) is 38.7 Å². The van der Waals surface area contributed by atoms with Crippen molar-refractivity contribution in [2.45, 2.75) is 13.8 Å². The Hall–Kier alpha value is -1.91. The van der Waals surface area contributed by atoms with E-state index >= 15 is 0 Å². The lowest BCUT2D eigenvalue weighted by molar-refractivity contribution is 0.881. The molecule has 0 atom stereocenters. The van der Waals surface area contributed by atoms with Gasteiger partial charge in [0.05, 0.1) is 10.7 Å². The second-order valence-corrected chi connectivity index (χ2v) is 5.24. The van der Waals surface area contributed by atoms with Crippen LogP contribution < -0.4 is 5.32 Å². The third-order valence-corrected chi connectivity index (χ3v) is 4.08. The summed E-state index contributed by atoms with van der Waals surface area (Å²) in [7, 11) is 0. The Morgan fingerprint density at radius 1 is 1.55 bits per heavy atom. The number of H-pyrrole nitrogens is 1. The first-order valence-corrected chi connectivity index (χ1v) is 6.77. The standard InChI is InChI=1S/C12H10BrClN6/c1-6-3-9(14)11(10(13)7(6)2)16-5-8(4-15)12-17-19-20-18-12/h3,5,16H,1-2H3,(H,17,18,19,20). The quantitative estimate of drug-likeness (QED) is 0.827. The highest BCUT2D eigenvalue weighted by atomic mass is 79.9. The highest BCUT2D eigenvalue weighted by molar-refractivity contribution is 9.10. The van der Waals surface area contributed by atoms with Crippen molar-refractivity contribution >= 4 is 38.8 Å². The molecule has 0 saturated carbocycles. The van der Waals surface area contributed by atoms with Crippen LogP contribution in [0, 0.1) is 25.2 Å². The number of tetrazole rings is 1. The lowest BCUT2D eigenvalue weighted by Gasteiger charge is -2.12. The number of aryl methyl sites for hydroxylation is 1. The minimum absolute atomic E-state index is 0.219. The minimum Gasteiger partial charge on any atom is -0.358 e. The molecule has 20 heavy (non-hydrogen) atoms. The predicted molar refractivity (Wildman–Crippen MR) is 80.0 cm³/mol. The number of nitrogens with zero attached hydrogens (tertiary/aromatic N) is 4. The van der Waals surface area contributed by atoms with Crippen molar-refractivity contribution in [3.8, 4) is 6.07 Å². The summed E-state index contributed by atoms with van der Waals surface area (Å²) in [6, 6.07) is 3.85. The molecule has 0 amide bonds. The Kier molecular flexibility index (Phi) is 4.37. The number of benzene rings is 1. The van der Waals surface area contributed by atoms with Crippen molar-refractivity contribution in [2.24, 2.45) is 0 Å². The second-order valence-electron chi connectivity index (χ2n) is 4.04. The van der Waals surface area contributed by atoms with Crippen LogP contribution in [0.2, 0.25) is 5.02 Å². The number of hydrogen-bond acceptors (Lipinski definition) is 5. The maximum absolute atomic E-state index is 9.09. The van der Waals surface area contributed by atoms with Crippen LogP contribution in [0.3, 0.4) is 0 Å². The van der Waals surface area contributed by atoms with Gasteiger partial charge >= 0.3 is 0 Å². The number of nitriles is 1. The fraction of sp³-hybridized carbons (Fsp3) is 0.167. The lowest BCUT2D eigenvalue weighted by Crippen LogP contribution is -1.97. The minimum atomic E-state index is 0.219. The van der Waals surface area contributed by atoms with Crippen LogP contribution in [0.1, 0.15) is 17.0 Å². The van der Waals surface area contributed by atoms with Gasteiger partial charge in [0, 0.05) is 10.7 Å². The van der Waals surface area contributed by atoms with Crippen LogP contribution in [0.5, 0.6) is 0 Å². The van der Waals surface area contributed by atoms with Gasteiger partial charge in [-0.05, 0) is 52.2 Å². The van der Waals surface area contributed by atoms with Crippen molar-refractivity contribution in [1.29, 1.82) is 5.26 Å². The normalized spacial score (nSPS) is 11.2. The summed E-state index contributed by atoms with van der Waals surface area (Å²) < 4.78 is 0.851. The molecule has 0 radical (unpaired) electrons. The molecule has 0 saturated heterocycles. The van der Waals surface area contributed by atoms with Crippen LogP contribution in [0.15, 0.2) is 16.7 Å². The van der Waals surface area contributed by atoms with Crippen molar-refractivity contribution < 1.29 is 0 Å². The SMILES string of the molecule is Cc1cc(Cl)c(NC=C(C#N)c2nn[nH]n2)c(Br)c1C. The summed E-state index contributed by atoms with van der Waals surface area (Å²) in [4.78, 5) is 0. The van der Waals surface area contributed by atoms with Crippen LogP contribution in [-0.2, 0) is 0 Å². The van der Waals surface area contributed by atoms with Gasteiger partial charge in [-0.15, -0.1) is 10.2 Å². The summed E-state index contributed by atoms with van der Waals surface area (Å²) in [6.45, 7) is 3.96. The predicted octanol–water partition coefficient (Wildman–Crippen LogP) is 3.21. The molecule has 102 valence electrons. The molecular weight excluding hydrogens is 344 g/mol. The number of anilines is 1. The largest absolute Gasteiger partial charge is 0.358 e. The molecule has 2 rings (SSSR count). The molecular formula is C12H10BrClN6. The van der Waals surface area contributed by atoms with Gasteiger partial charge in [-0.25, -0.2) is 0 Å². The molecule has 2 N–H and O–H groups in total. The Balaban J connectivity index is 2.36. The Morgan fingerprint density at radius 3 is 2.90 bits per heavy atom. The van der Waals surface area contributed by atoms with E-state index in [9.17, 15) is 0 Å². The maximum atomic E-state index is 9.09. The van der Waals surface area contributed by atoms with Gasteiger partial charge in [-0.2, -0.15) is 10.5 Å². The van der Waals surface area contributed by atoms with Gasteiger partial charge in [0.25, 0.3) is 0 Å². The molecule has 8 heteroatoms. The summed E-state index contributed by atoms with van der Waals surface area (Å²) in [5.74, 6) is 0.219. The molecule has 0 aliphatic rings. The molecule has 6 nitrogen and oxygen atoms in total. The maximum Gasteiger partial charge on any atom is 0.216 e. The number of halogens is 2. The van der Waals surface area contributed by atoms with E-state index in [0.29, 0.717) is 10.7 Å². The van der Waals surface area contributed by atoms with Gasteiger partial charge in [0.15, 0.2) is 0 Å². The number of allylic oxidation sites excluding steroid dienone is 1. The van der Waals surface area contributed by atoms with Crippen LogP contribution in [-0.4, -0.2) is 20.6 Å².